The lowest BCUT2D eigenvalue weighted by Crippen LogP contribution is -2.02. The Kier molecular flexibility index (Phi) is 6.04. The minimum Gasteiger partial charge on any atom is -0.464 e. The van der Waals surface area contributed by atoms with Crippen molar-refractivity contribution in [2.45, 2.75) is 6.92 Å². The third kappa shape index (κ3) is 3.88. The molecule has 29 heavy (non-hydrogen) atoms. The van der Waals surface area contributed by atoms with Crippen LogP contribution in [-0.4, -0.2) is 34.6 Å². The smallest absolute Gasteiger partial charge is 0.173 e. The predicted octanol–water partition coefficient (Wildman–Crippen LogP) is 5.34. The van der Waals surface area contributed by atoms with Gasteiger partial charge >= 0.3 is 0 Å². The van der Waals surface area contributed by atoms with Crippen LogP contribution in [-0.2, 0) is 0 Å². The van der Waals surface area contributed by atoms with E-state index in [0.29, 0.717) is 33.4 Å². The van der Waals surface area contributed by atoms with Gasteiger partial charge in [0.05, 0.1) is 28.7 Å². The minimum absolute atomic E-state index is 0.403. The number of rotatable bonds is 3. The molecular formula is C21H18FN5OS. The van der Waals surface area contributed by atoms with Crippen LogP contribution in [0.1, 0.15) is 11.4 Å². The van der Waals surface area contributed by atoms with Gasteiger partial charge in [-0.2, -0.15) is 0 Å². The summed E-state index contributed by atoms with van der Waals surface area (Å²) in [5.74, 6) is 0.0279. The molecule has 4 rings (SSSR count). The van der Waals surface area contributed by atoms with E-state index < -0.39 is 5.82 Å². The maximum Gasteiger partial charge on any atom is 0.173 e. The van der Waals surface area contributed by atoms with E-state index in [4.69, 9.17) is 9.40 Å². The SMILES string of the molecule is C=C.C=NC(=NC)c1nc(-c2sc(-c3cncc(F)c3)nc2C)cc2occc12. The standard InChI is InChI=1S/C19H14FN5OS.C2H4/c1-10-17(27-19(24-10)11-6-12(20)9-23-8-11)14-7-15-13(4-5-26-15)16(25-14)18(21-2)22-3;1-2/h4-9H,2H2,1,3H3;1-2H2. The number of furan rings is 1. The monoisotopic (exact) mass is 407 g/mol. The molecule has 0 unspecified atom stereocenters. The van der Waals surface area contributed by atoms with Crippen molar-refractivity contribution < 1.29 is 8.81 Å². The first-order valence-corrected chi connectivity index (χ1v) is 9.33. The number of nitrogens with zero attached hydrogens (tertiary/aromatic N) is 5. The summed E-state index contributed by atoms with van der Waals surface area (Å²) in [5, 5.41) is 1.48. The number of aromatic nitrogens is 3. The lowest BCUT2D eigenvalue weighted by atomic mass is 10.1. The Morgan fingerprint density at radius 2 is 2.00 bits per heavy atom. The van der Waals surface area contributed by atoms with Gasteiger partial charge in [0.15, 0.2) is 5.84 Å². The molecule has 0 aliphatic rings. The van der Waals surface area contributed by atoms with Crippen molar-refractivity contribution >= 4 is 34.9 Å². The van der Waals surface area contributed by atoms with Crippen molar-refractivity contribution in [3.05, 3.63) is 67.2 Å². The van der Waals surface area contributed by atoms with Crippen LogP contribution >= 0.6 is 11.3 Å². The van der Waals surface area contributed by atoms with Crippen LogP contribution in [0.2, 0.25) is 0 Å². The van der Waals surface area contributed by atoms with Gasteiger partial charge in [-0.15, -0.1) is 24.5 Å². The second-order valence-electron chi connectivity index (χ2n) is 5.72. The molecule has 0 spiro atoms. The van der Waals surface area contributed by atoms with E-state index in [0.717, 1.165) is 22.2 Å². The van der Waals surface area contributed by atoms with Crippen molar-refractivity contribution in [3.8, 4) is 21.1 Å². The second kappa shape index (κ2) is 8.66. The largest absolute Gasteiger partial charge is 0.464 e. The molecule has 0 fully saturated rings. The highest BCUT2D eigenvalue weighted by Crippen LogP contribution is 2.36. The highest BCUT2D eigenvalue weighted by molar-refractivity contribution is 7.18. The Morgan fingerprint density at radius 1 is 1.21 bits per heavy atom. The zero-order valence-corrected chi connectivity index (χ0v) is 16.8. The number of pyridine rings is 2. The fourth-order valence-corrected chi connectivity index (χ4v) is 3.80. The first kappa shape index (κ1) is 20.2. The summed E-state index contributed by atoms with van der Waals surface area (Å²) in [6.45, 7) is 11.5. The number of thiazole rings is 1. The lowest BCUT2D eigenvalue weighted by molar-refractivity contribution is 0.615. The van der Waals surface area contributed by atoms with Crippen LogP contribution in [0.5, 0.6) is 0 Å². The quantitative estimate of drug-likeness (QED) is 0.261. The van der Waals surface area contributed by atoms with Crippen molar-refractivity contribution in [1.29, 1.82) is 0 Å². The van der Waals surface area contributed by atoms with Gasteiger partial charge in [-0.3, -0.25) is 9.98 Å². The van der Waals surface area contributed by atoms with E-state index in [1.54, 1.807) is 19.5 Å². The average molecular weight is 407 g/mol. The number of aliphatic imine (C=N–C) groups is 2. The minimum atomic E-state index is -0.403. The zero-order chi connectivity index (χ0) is 21.0. The number of hydrogen-bond donors (Lipinski definition) is 0. The Bertz CT molecular complexity index is 1210. The van der Waals surface area contributed by atoms with Crippen LogP contribution in [0.25, 0.3) is 32.1 Å². The molecule has 0 aliphatic carbocycles. The molecular weight excluding hydrogens is 389 g/mol. The summed E-state index contributed by atoms with van der Waals surface area (Å²) >= 11 is 1.41. The molecule has 0 N–H and O–H groups in total. The predicted molar refractivity (Wildman–Crippen MR) is 116 cm³/mol. The topological polar surface area (TPSA) is 76.5 Å². The Hall–Kier alpha value is -3.52. The molecule has 4 heterocycles. The molecule has 0 radical (unpaired) electrons. The van der Waals surface area contributed by atoms with Gasteiger partial charge in [-0.05, 0) is 25.8 Å². The van der Waals surface area contributed by atoms with E-state index in [1.807, 2.05) is 19.1 Å². The fraction of sp³-hybridized carbons (Fsp3) is 0.0952. The molecule has 0 saturated carbocycles. The van der Waals surface area contributed by atoms with Crippen LogP contribution in [0, 0.1) is 12.7 Å². The number of halogens is 1. The Labute approximate surface area is 171 Å². The van der Waals surface area contributed by atoms with Gasteiger partial charge in [0.1, 0.15) is 22.1 Å². The molecule has 4 aromatic rings. The van der Waals surface area contributed by atoms with Gasteiger partial charge in [-0.1, -0.05) is 0 Å². The molecule has 4 aromatic heterocycles. The lowest BCUT2D eigenvalue weighted by Gasteiger charge is -2.05. The summed E-state index contributed by atoms with van der Waals surface area (Å²) < 4.78 is 19.1. The van der Waals surface area contributed by atoms with Crippen molar-refractivity contribution in [2.75, 3.05) is 7.05 Å². The number of aryl methyl sites for hydroxylation is 1. The van der Waals surface area contributed by atoms with Crippen LogP contribution in [0.15, 0.2) is 64.4 Å². The molecule has 146 valence electrons. The van der Waals surface area contributed by atoms with Crippen LogP contribution < -0.4 is 0 Å². The zero-order valence-electron chi connectivity index (χ0n) is 16.0. The molecule has 6 nitrogen and oxygen atoms in total. The number of fused-ring (bicyclic) bond motifs is 1. The average Bonchev–Trinajstić information content (AvgIpc) is 3.37. The summed E-state index contributed by atoms with van der Waals surface area (Å²) in [6, 6.07) is 5.08. The van der Waals surface area contributed by atoms with E-state index in [-0.39, 0.29) is 0 Å². The summed E-state index contributed by atoms with van der Waals surface area (Å²) in [5.41, 5.74) is 3.35. The summed E-state index contributed by atoms with van der Waals surface area (Å²) in [4.78, 5) is 22.1. The maximum absolute atomic E-state index is 13.5. The highest BCUT2D eigenvalue weighted by Gasteiger charge is 2.18. The molecule has 0 saturated heterocycles. The Balaban J connectivity index is 0.00000117. The molecule has 0 aromatic carbocycles. The van der Waals surface area contributed by atoms with Crippen LogP contribution in [0.4, 0.5) is 4.39 Å². The van der Waals surface area contributed by atoms with E-state index >= 15 is 0 Å². The van der Waals surface area contributed by atoms with Gasteiger partial charge in [0.25, 0.3) is 0 Å². The third-order valence-electron chi connectivity index (χ3n) is 4.00. The fourth-order valence-electron chi connectivity index (χ4n) is 2.79. The summed E-state index contributed by atoms with van der Waals surface area (Å²) in [7, 11) is 1.64. The maximum atomic E-state index is 13.5. The van der Waals surface area contributed by atoms with Gasteiger partial charge < -0.3 is 4.42 Å². The van der Waals surface area contributed by atoms with Crippen molar-refractivity contribution in [2.24, 2.45) is 9.98 Å². The summed E-state index contributed by atoms with van der Waals surface area (Å²) in [6.07, 6.45) is 4.35. The van der Waals surface area contributed by atoms with Crippen molar-refractivity contribution in [1.82, 2.24) is 15.0 Å². The number of amidine groups is 1. The highest BCUT2D eigenvalue weighted by atomic mass is 32.1. The second-order valence-corrected chi connectivity index (χ2v) is 6.72. The molecule has 0 amide bonds. The first-order valence-electron chi connectivity index (χ1n) is 8.51. The molecule has 0 aliphatic heterocycles. The van der Waals surface area contributed by atoms with Gasteiger partial charge in [-0.25, -0.2) is 19.4 Å². The normalized spacial score (nSPS) is 11.2. The van der Waals surface area contributed by atoms with Crippen LogP contribution in [0.3, 0.4) is 0 Å². The molecule has 0 bridgehead atoms. The third-order valence-corrected chi connectivity index (χ3v) is 5.23. The van der Waals surface area contributed by atoms with Gasteiger partial charge in [0.2, 0.25) is 0 Å². The van der Waals surface area contributed by atoms with Gasteiger partial charge in [0, 0.05) is 30.3 Å². The van der Waals surface area contributed by atoms with E-state index in [2.05, 4.69) is 39.8 Å². The first-order chi connectivity index (χ1) is 14.1. The number of hydrogen-bond acceptors (Lipinski definition) is 6. The Morgan fingerprint density at radius 3 is 2.69 bits per heavy atom. The van der Waals surface area contributed by atoms with Crippen molar-refractivity contribution in [3.63, 3.8) is 0 Å². The van der Waals surface area contributed by atoms with E-state index in [1.165, 1.54) is 17.4 Å². The van der Waals surface area contributed by atoms with E-state index in [9.17, 15) is 4.39 Å². The molecule has 0 atom stereocenters. The molecule has 8 heteroatoms.